The Hall–Kier alpha value is -7.84. The molecule has 0 atom stereocenters. The van der Waals surface area contributed by atoms with Crippen molar-refractivity contribution in [3.05, 3.63) is 78.9 Å². The van der Waals surface area contributed by atoms with E-state index in [2.05, 4.69) is 15.0 Å². The third-order valence-electron chi connectivity index (χ3n) is 11.1. The zero-order valence-corrected chi connectivity index (χ0v) is 34.0. The van der Waals surface area contributed by atoms with E-state index >= 15 is 0 Å². The van der Waals surface area contributed by atoms with Gasteiger partial charge in [0.1, 0.15) is 75.6 Å². The average Bonchev–Trinajstić information content (AvgIpc) is 3.70. The van der Waals surface area contributed by atoms with Gasteiger partial charge in [-0.05, 0) is 77.4 Å². The molecule has 2 aromatic heterocycles. The summed E-state index contributed by atoms with van der Waals surface area (Å²) in [6.07, 6.45) is 0. The fraction of sp³-hybridized carbons (Fsp3) is 0. The molecular formula is C45H23B6N3O10S. The number of aromatic nitrogens is 3. The highest BCUT2D eigenvalue weighted by Crippen LogP contribution is 2.52. The minimum atomic E-state index is -1.05. The van der Waals surface area contributed by atoms with Crippen LogP contribution in [-0.4, -0.2) is 113 Å². The van der Waals surface area contributed by atoms with E-state index in [9.17, 15) is 51.1 Å². The van der Waals surface area contributed by atoms with Gasteiger partial charge in [-0.15, -0.1) is 11.3 Å². The van der Waals surface area contributed by atoms with E-state index in [0.29, 0.717) is 5.56 Å². The van der Waals surface area contributed by atoms with Gasteiger partial charge in [-0.1, -0.05) is 72.8 Å². The van der Waals surface area contributed by atoms with E-state index in [1.165, 1.54) is 0 Å². The molecule has 0 fully saturated rings. The van der Waals surface area contributed by atoms with Crippen LogP contribution in [0.15, 0.2) is 78.9 Å². The first-order valence-corrected chi connectivity index (χ1v) is 19.8. The van der Waals surface area contributed by atoms with Crippen molar-refractivity contribution in [1.29, 1.82) is 0 Å². The van der Waals surface area contributed by atoms with Crippen LogP contribution in [0.1, 0.15) is 0 Å². The third-order valence-corrected chi connectivity index (χ3v) is 12.3. The Morgan fingerprint density at radius 2 is 0.692 bits per heavy atom. The zero-order chi connectivity index (χ0) is 46.5. The predicted octanol–water partition coefficient (Wildman–Crippen LogP) is 2.06. The maximum Gasteiger partial charge on any atom is 0.171 e. The molecule has 0 saturated carbocycles. The van der Waals surface area contributed by atoms with E-state index in [4.69, 9.17) is 47.1 Å². The van der Waals surface area contributed by atoms with Crippen LogP contribution in [0.5, 0.6) is 57.5 Å². The van der Waals surface area contributed by atoms with Gasteiger partial charge in [-0.25, -0.2) is 15.0 Å². The Morgan fingerprint density at radius 1 is 0.308 bits per heavy atom. The van der Waals surface area contributed by atoms with Gasteiger partial charge < -0.3 is 51.1 Å². The molecule has 0 aliphatic rings. The lowest BCUT2D eigenvalue weighted by atomic mass is 9.80. The molecular weight excluding hydrogens is 839 g/mol. The second-order valence-electron chi connectivity index (χ2n) is 14.8. The summed E-state index contributed by atoms with van der Waals surface area (Å²) >= 11 is 0.864. The quantitative estimate of drug-likeness (QED) is 0.0656. The monoisotopic (exact) mass is 863 g/mol. The van der Waals surface area contributed by atoms with Crippen molar-refractivity contribution in [2.45, 2.75) is 0 Å². The number of fused-ring (bicyclic) bond motifs is 3. The molecule has 12 radical (unpaired) electrons. The molecule has 0 bridgehead atoms. The largest absolute Gasteiger partial charge is 0.509 e. The van der Waals surface area contributed by atoms with Crippen molar-refractivity contribution < 1.29 is 51.1 Å². The number of hydrogen-bond donors (Lipinski definition) is 10. The molecule has 0 saturated heterocycles. The molecule has 10 N–H and O–H groups in total. The first kappa shape index (κ1) is 42.5. The molecule has 0 aliphatic heterocycles. The molecule has 9 aromatic rings. The van der Waals surface area contributed by atoms with E-state index in [0.717, 1.165) is 33.6 Å². The summed E-state index contributed by atoms with van der Waals surface area (Å²) in [7, 11) is 36.7. The van der Waals surface area contributed by atoms with Crippen LogP contribution in [0, 0.1) is 0 Å². The molecule has 0 amide bonds. The fourth-order valence-electron chi connectivity index (χ4n) is 7.71. The summed E-state index contributed by atoms with van der Waals surface area (Å²) in [6, 6.07) is 24.7. The molecule has 20 heteroatoms. The number of hydrogen-bond acceptors (Lipinski definition) is 14. The third kappa shape index (κ3) is 6.42. The topological polar surface area (TPSA) is 241 Å². The van der Waals surface area contributed by atoms with Gasteiger partial charge in [-0.2, -0.15) is 0 Å². The number of phenols is 10. The van der Waals surface area contributed by atoms with Gasteiger partial charge in [-0.3, -0.25) is 0 Å². The second-order valence-corrected chi connectivity index (χ2v) is 15.8. The number of thiophene rings is 1. The number of rotatable bonds is 6. The molecule has 0 unspecified atom stereocenters. The van der Waals surface area contributed by atoms with Crippen LogP contribution in [0.4, 0.5) is 0 Å². The highest BCUT2D eigenvalue weighted by atomic mass is 32.1. The van der Waals surface area contributed by atoms with Crippen LogP contribution in [0.3, 0.4) is 0 Å². The smallest absolute Gasteiger partial charge is 0.171 e. The molecule has 65 heavy (non-hydrogen) atoms. The van der Waals surface area contributed by atoms with Crippen molar-refractivity contribution >= 4 is 111 Å². The summed E-state index contributed by atoms with van der Waals surface area (Å²) in [5, 5.41) is 111. The highest BCUT2D eigenvalue weighted by Gasteiger charge is 2.31. The van der Waals surface area contributed by atoms with Crippen LogP contribution < -0.4 is 32.8 Å². The Morgan fingerprint density at radius 3 is 1.26 bits per heavy atom. The predicted molar refractivity (Wildman–Crippen MR) is 254 cm³/mol. The van der Waals surface area contributed by atoms with E-state index < -0.39 is 119 Å². The second kappa shape index (κ2) is 15.5. The minimum absolute atomic E-state index is 0.0279. The van der Waals surface area contributed by atoms with Crippen LogP contribution >= 0.6 is 11.3 Å². The van der Waals surface area contributed by atoms with Crippen LogP contribution in [-0.2, 0) is 0 Å². The fourth-order valence-corrected chi connectivity index (χ4v) is 9.14. The van der Waals surface area contributed by atoms with E-state index in [1.54, 1.807) is 18.2 Å². The minimum Gasteiger partial charge on any atom is -0.509 e. The summed E-state index contributed by atoms with van der Waals surface area (Å²) in [5.74, 6) is -11.2. The van der Waals surface area contributed by atoms with E-state index in [-0.39, 0.29) is 31.2 Å². The molecule has 302 valence electrons. The first-order valence-electron chi connectivity index (χ1n) is 19.0. The van der Waals surface area contributed by atoms with Gasteiger partial charge in [0, 0.05) is 15.0 Å². The summed E-state index contributed by atoms with van der Waals surface area (Å²) in [4.78, 5) is 13.0. The number of phenolic OH excluding ortho intramolecular Hbond substituents is 10. The van der Waals surface area contributed by atoms with Gasteiger partial charge in [0.15, 0.2) is 52.0 Å². The standard InChI is InChI=1S/C45H23B6N3O10S/c46-25-20-21-26(47)39(63)35(59)24(45-53-43(22-27(48)36(60)30(51)40(64)34(22)58)52-44(54-45)23-31(55)28(49)37(61)29(50)32(23)56)42(21)65-41(20)19(33(57)38(25)62)18-8-4-7-17(13-18)16-11-9-15(10-12-16)14-5-2-1-3-6-14/h1-13,55-64H. The zero-order valence-electron chi connectivity index (χ0n) is 33.2. The van der Waals surface area contributed by atoms with Crippen molar-refractivity contribution in [2.24, 2.45) is 0 Å². The van der Waals surface area contributed by atoms with Crippen molar-refractivity contribution in [1.82, 2.24) is 15.0 Å². The SMILES string of the molecule is [B]c1c(O)c([B])c(-c2nc(-c3c(O)c([B])c(O)c([B])c3O)nc(-c3c(O)c(O)c([B])c4c3sc3c(-c5cccc(-c6ccc(-c7ccccc7)cc6)c5)c(O)c(O)c([B])c34)n2)c(O)c1O. The lowest BCUT2D eigenvalue weighted by Crippen LogP contribution is -2.20. The Bertz CT molecular complexity index is 3380. The maximum atomic E-state index is 11.8. The first-order chi connectivity index (χ1) is 30.9. The molecule has 0 aliphatic carbocycles. The number of aromatic hydroxyl groups is 10. The van der Waals surface area contributed by atoms with Gasteiger partial charge in [0.05, 0.1) is 11.1 Å². The Kier molecular flexibility index (Phi) is 10.1. The molecule has 7 aromatic carbocycles. The Labute approximate surface area is 379 Å². The molecule has 0 spiro atoms. The van der Waals surface area contributed by atoms with Crippen LogP contribution in [0.2, 0.25) is 0 Å². The lowest BCUT2D eigenvalue weighted by molar-refractivity contribution is 0.403. The summed E-state index contributed by atoms with van der Waals surface area (Å²) in [5.41, 5.74) is -1.39. The van der Waals surface area contributed by atoms with Crippen molar-refractivity contribution in [3.8, 4) is 125 Å². The van der Waals surface area contributed by atoms with Gasteiger partial charge >= 0.3 is 0 Å². The molecule has 9 rings (SSSR count). The highest BCUT2D eigenvalue weighted by molar-refractivity contribution is 7.27. The number of nitrogens with zero attached hydrogens (tertiary/aromatic N) is 3. The number of benzene rings is 7. The van der Waals surface area contributed by atoms with Crippen molar-refractivity contribution in [3.63, 3.8) is 0 Å². The lowest BCUT2D eigenvalue weighted by Gasteiger charge is -2.18. The maximum absolute atomic E-state index is 11.8. The van der Waals surface area contributed by atoms with E-state index in [1.807, 2.05) is 60.7 Å². The van der Waals surface area contributed by atoms with Crippen molar-refractivity contribution in [2.75, 3.05) is 0 Å². The summed E-state index contributed by atoms with van der Waals surface area (Å²) < 4.78 is 0.168. The average molecular weight is 863 g/mol. The Balaban J connectivity index is 1.34. The normalized spacial score (nSPS) is 11.4. The molecule has 13 nitrogen and oxygen atoms in total. The van der Waals surface area contributed by atoms with Gasteiger partial charge in [0.25, 0.3) is 0 Å². The summed E-state index contributed by atoms with van der Waals surface area (Å²) in [6.45, 7) is 0. The van der Waals surface area contributed by atoms with Crippen LogP contribution in [0.25, 0.3) is 87.7 Å². The molecule has 2 heterocycles. The van der Waals surface area contributed by atoms with Gasteiger partial charge in [0.2, 0.25) is 0 Å².